The molecule has 0 saturated heterocycles. The minimum absolute atomic E-state index is 0.0789. The molecule has 0 unspecified atom stereocenters. The van der Waals surface area contributed by atoms with E-state index in [-0.39, 0.29) is 12.4 Å². The minimum atomic E-state index is -3.41. The Balaban J connectivity index is 2.76. The Labute approximate surface area is 116 Å². The van der Waals surface area contributed by atoms with Crippen molar-refractivity contribution in [1.82, 2.24) is 0 Å². The molecule has 0 radical (unpaired) electrons. The van der Waals surface area contributed by atoms with Crippen molar-refractivity contribution in [1.29, 1.82) is 0 Å². The van der Waals surface area contributed by atoms with Crippen molar-refractivity contribution in [2.24, 2.45) is 0 Å². The second kappa shape index (κ2) is 6.96. The molecule has 18 heavy (non-hydrogen) atoms. The molecular formula is C11H16BrNO4S. The zero-order chi connectivity index (χ0) is 13.6. The molecule has 0 bridgehead atoms. The third-order valence-corrected chi connectivity index (χ3v) is 4.07. The Bertz CT molecular complexity index is 490. The molecule has 0 spiro atoms. The fraction of sp³-hybridized carbons (Fsp3) is 0.455. The minimum Gasteiger partial charge on any atom is -0.497 e. The van der Waals surface area contributed by atoms with Gasteiger partial charge in [0.05, 0.1) is 25.2 Å². The number of hydrogen-bond acceptors (Lipinski definition) is 4. The number of anilines is 1. The highest BCUT2D eigenvalue weighted by molar-refractivity contribution is 9.10. The van der Waals surface area contributed by atoms with E-state index < -0.39 is 10.0 Å². The molecule has 7 heteroatoms. The molecule has 102 valence electrons. The van der Waals surface area contributed by atoms with Crippen LogP contribution in [-0.4, -0.2) is 34.5 Å². The Morgan fingerprint density at radius 1 is 1.39 bits per heavy atom. The van der Waals surface area contributed by atoms with Crippen LogP contribution in [0.4, 0.5) is 5.69 Å². The van der Waals surface area contributed by atoms with Crippen molar-refractivity contribution in [2.45, 2.75) is 6.92 Å². The van der Waals surface area contributed by atoms with Gasteiger partial charge in [0, 0.05) is 17.1 Å². The van der Waals surface area contributed by atoms with Crippen LogP contribution in [0.2, 0.25) is 0 Å². The van der Waals surface area contributed by atoms with Crippen LogP contribution in [0, 0.1) is 0 Å². The van der Waals surface area contributed by atoms with Crippen LogP contribution in [0.1, 0.15) is 6.92 Å². The van der Waals surface area contributed by atoms with E-state index in [1.165, 1.54) is 7.11 Å². The smallest absolute Gasteiger partial charge is 0.235 e. The first-order valence-corrected chi connectivity index (χ1v) is 7.85. The molecule has 5 nitrogen and oxygen atoms in total. The number of hydrogen-bond donors (Lipinski definition) is 1. The number of ether oxygens (including phenoxy) is 2. The van der Waals surface area contributed by atoms with Gasteiger partial charge in [-0.25, -0.2) is 8.42 Å². The van der Waals surface area contributed by atoms with Crippen molar-refractivity contribution in [3.8, 4) is 5.75 Å². The molecule has 1 aromatic rings. The van der Waals surface area contributed by atoms with Crippen LogP contribution >= 0.6 is 15.9 Å². The lowest BCUT2D eigenvalue weighted by atomic mass is 10.3. The monoisotopic (exact) mass is 337 g/mol. The summed E-state index contributed by atoms with van der Waals surface area (Å²) in [4.78, 5) is 0. The largest absolute Gasteiger partial charge is 0.497 e. The highest BCUT2D eigenvalue weighted by Crippen LogP contribution is 2.27. The number of sulfonamides is 1. The third-order valence-electron chi connectivity index (χ3n) is 2.14. The number of rotatable bonds is 7. The van der Waals surface area contributed by atoms with E-state index in [1.807, 2.05) is 6.92 Å². The summed E-state index contributed by atoms with van der Waals surface area (Å²) in [6.07, 6.45) is 0. The fourth-order valence-electron chi connectivity index (χ4n) is 1.24. The van der Waals surface area contributed by atoms with Gasteiger partial charge in [0.25, 0.3) is 0 Å². The van der Waals surface area contributed by atoms with E-state index in [4.69, 9.17) is 9.47 Å². The van der Waals surface area contributed by atoms with Crippen LogP contribution in [0.3, 0.4) is 0 Å². The molecule has 0 amide bonds. The van der Waals surface area contributed by atoms with E-state index in [1.54, 1.807) is 18.2 Å². The summed E-state index contributed by atoms with van der Waals surface area (Å²) >= 11 is 3.28. The summed E-state index contributed by atoms with van der Waals surface area (Å²) < 4.78 is 36.8. The second-order valence-corrected chi connectivity index (χ2v) is 6.16. The SMILES string of the molecule is CCOCCS(=O)(=O)Nc1cc(OC)ccc1Br. The van der Waals surface area contributed by atoms with Gasteiger partial charge in [-0.3, -0.25) is 4.72 Å². The number of nitrogens with one attached hydrogen (secondary N) is 1. The van der Waals surface area contributed by atoms with Gasteiger partial charge in [0.1, 0.15) is 5.75 Å². The molecule has 1 aromatic carbocycles. The van der Waals surface area contributed by atoms with Gasteiger partial charge in [0.15, 0.2) is 0 Å². The van der Waals surface area contributed by atoms with Crippen molar-refractivity contribution in [3.63, 3.8) is 0 Å². The van der Waals surface area contributed by atoms with E-state index in [9.17, 15) is 8.42 Å². The lowest BCUT2D eigenvalue weighted by molar-refractivity contribution is 0.163. The van der Waals surface area contributed by atoms with Crippen LogP contribution in [0.25, 0.3) is 0 Å². The molecule has 0 aliphatic carbocycles. The summed E-state index contributed by atoms with van der Waals surface area (Å²) in [5.41, 5.74) is 0.450. The van der Waals surface area contributed by atoms with Gasteiger partial charge in [-0.2, -0.15) is 0 Å². The van der Waals surface area contributed by atoms with Gasteiger partial charge in [0.2, 0.25) is 10.0 Å². The molecule has 0 aromatic heterocycles. The van der Waals surface area contributed by atoms with Gasteiger partial charge in [-0.1, -0.05) is 0 Å². The molecule has 1 rings (SSSR count). The van der Waals surface area contributed by atoms with Crippen LogP contribution < -0.4 is 9.46 Å². The molecule has 0 atom stereocenters. The highest BCUT2D eigenvalue weighted by atomic mass is 79.9. The first-order valence-electron chi connectivity index (χ1n) is 5.40. The van der Waals surface area contributed by atoms with Crippen LogP contribution in [0.5, 0.6) is 5.75 Å². The number of benzene rings is 1. The summed E-state index contributed by atoms with van der Waals surface area (Å²) in [7, 11) is -1.89. The standard InChI is InChI=1S/C11H16BrNO4S/c1-3-17-6-7-18(14,15)13-11-8-9(16-2)4-5-10(11)12/h4-5,8,13H,3,6-7H2,1-2H3. The van der Waals surface area contributed by atoms with Gasteiger partial charge < -0.3 is 9.47 Å². The van der Waals surface area contributed by atoms with Crippen molar-refractivity contribution in [3.05, 3.63) is 22.7 Å². The maximum atomic E-state index is 11.8. The molecule has 0 saturated carbocycles. The lowest BCUT2D eigenvalue weighted by Crippen LogP contribution is -2.20. The van der Waals surface area contributed by atoms with Gasteiger partial charge in [-0.15, -0.1) is 0 Å². The summed E-state index contributed by atoms with van der Waals surface area (Å²) in [6.45, 7) is 2.49. The molecule has 1 N–H and O–H groups in total. The third kappa shape index (κ3) is 4.83. The van der Waals surface area contributed by atoms with Gasteiger partial charge >= 0.3 is 0 Å². The second-order valence-electron chi connectivity index (χ2n) is 3.46. The van der Waals surface area contributed by atoms with Crippen molar-refractivity contribution in [2.75, 3.05) is 30.8 Å². The average Bonchev–Trinajstić information content (AvgIpc) is 2.32. The maximum absolute atomic E-state index is 11.8. The topological polar surface area (TPSA) is 64.6 Å². The van der Waals surface area contributed by atoms with Crippen molar-refractivity contribution < 1.29 is 17.9 Å². The highest BCUT2D eigenvalue weighted by Gasteiger charge is 2.12. The molecular weight excluding hydrogens is 322 g/mol. The van der Waals surface area contributed by atoms with Crippen LogP contribution in [0.15, 0.2) is 22.7 Å². The molecule has 0 heterocycles. The quantitative estimate of drug-likeness (QED) is 0.775. The zero-order valence-corrected chi connectivity index (χ0v) is 12.7. The molecule has 0 fully saturated rings. The van der Waals surface area contributed by atoms with Crippen molar-refractivity contribution >= 4 is 31.6 Å². The number of methoxy groups -OCH3 is 1. The predicted molar refractivity (Wildman–Crippen MR) is 74.6 cm³/mol. The first kappa shape index (κ1) is 15.3. The molecule has 0 aliphatic rings. The Morgan fingerprint density at radius 2 is 2.11 bits per heavy atom. The van der Waals surface area contributed by atoms with E-state index in [0.717, 1.165) is 0 Å². The molecule has 0 aliphatic heterocycles. The summed E-state index contributed by atoms with van der Waals surface area (Å²) in [5.74, 6) is 0.505. The lowest BCUT2D eigenvalue weighted by Gasteiger charge is -2.11. The Kier molecular flexibility index (Phi) is 5.90. The number of halogens is 1. The van der Waals surface area contributed by atoms with Crippen LogP contribution in [-0.2, 0) is 14.8 Å². The predicted octanol–water partition coefficient (Wildman–Crippen LogP) is 2.24. The van der Waals surface area contributed by atoms with Gasteiger partial charge in [-0.05, 0) is 35.0 Å². The maximum Gasteiger partial charge on any atom is 0.235 e. The first-order chi connectivity index (χ1) is 8.48. The summed E-state index contributed by atoms with van der Waals surface area (Å²) in [6, 6.07) is 5.07. The normalized spacial score (nSPS) is 11.3. The van der Waals surface area contributed by atoms with E-state index >= 15 is 0 Å². The zero-order valence-electron chi connectivity index (χ0n) is 10.3. The van der Waals surface area contributed by atoms with E-state index in [0.29, 0.717) is 22.5 Å². The van der Waals surface area contributed by atoms with E-state index in [2.05, 4.69) is 20.7 Å². The average molecular weight is 338 g/mol. The Morgan fingerprint density at radius 3 is 2.72 bits per heavy atom. The Hall–Kier alpha value is -0.790. The summed E-state index contributed by atoms with van der Waals surface area (Å²) in [5, 5.41) is 0. The fourth-order valence-corrected chi connectivity index (χ4v) is 2.66.